The molecule has 0 atom stereocenters. The molecule has 0 N–H and O–H groups in total. The third-order valence-corrected chi connectivity index (χ3v) is 13.0. The van der Waals surface area contributed by atoms with E-state index in [0.717, 1.165) is 45.3 Å². The van der Waals surface area contributed by atoms with Gasteiger partial charge in [-0.2, -0.15) is 0 Å². The Kier molecular flexibility index (Phi) is 10.1. The van der Waals surface area contributed by atoms with Crippen molar-refractivity contribution in [1.29, 1.82) is 0 Å². The topological polar surface area (TPSA) is 6.48 Å². The van der Waals surface area contributed by atoms with Crippen molar-refractivity contribution in [2.24, 2.45) is 0 Å². The Hall–Kier alpha value is -7.98. The van der Waals surface area contributed by atoms with Gasteiger partial charge in [0.2, 0.25) is 0 Å². The van der Waals surface area contributed by atoms with Gasteiger partial charge in [-0.25, -0.2) is 0 Å². The fraction of sp³-hybridized carbons (Fsp3) is 0. The second-order valence-electron chi connectivity index (χ2n) is 15.8. The lowest BCUT2D eigenvalue weighted by Crippen LogP contribution is -2.10. The van der Waals surface area contributed by atoms with Crippen LogP contribution >= 0.6 is 11.3 Å². The number of rotatable bonds is 10. The number of hydrogen-bond donors (Lipinski definition) is 0. The van der Waals surface area contributed by atoms with Gasteiger partial charge >= 0.3 is 0 Å². The first-order chi connectivity index (χ1) is 31.2. The Morgan fingerprint density at radius 1 is 0.206 bits per heavy atom. The molecule has 0 aliphatic heterocycles. The first-order valence-electron chi connectivity index (χ1n) is 21.4. The maximum Gasteiger partial charge on any atom is 0.0476 e. The molecule has 1 heterocycles. The first kappa shape index (κ1) is 38.0. The van der Waals surface area contributed by atoms with Crippen molar-refractivity contribution in [2.45, 2.75) is 0 Å². The summed E-state index contributed by atoms with van der Waals surface area (Å²) in [4.78, 5) is 4.75. The average Bonchev–Trinajstić information content (AvgIpc) is 3.74. The summed E-state index contributed by atoms with van der Waals surface area (Å²) in [5.41, 5.74) is 16.1. The minimum absolute atomic E-state index is 1.08. The minimum atomic E-state index is 1.08. The number of fused-ring (bicyclic) bond motifs is 3. The van der Waals surface area contributed by atoms with Crippen molar-refractivity contribution >= 4 is 65.6 Å². The van der Waals surface area contributed by atoms with E-state index in [1.165, 1.54) is 53.6 Å². The van der Waals surface area contributed by atoms with Gasteiger partial charge in [0.1, 0.15) is 0 Å². The zero-order valence-corrected chi connectivity index (χ0v) is 35.4. The lowest BCUT2D eigenvalue weighted by molar-refractivity contribution is 1.28. The molecule has 11 aromatic rings. The molecule has 0 fully saturated rings. The summed E-state index contributed by atoms with van der Waals surface area (Å²) < 4.78 is 2.58. The molecule has 0 radical (unpaired) electrons. The van der Waals surface area contributed by atoms with Gasteiger partial charge in [-0.05, 0) is 123 Å². The Balaban J connectivity index is 0.995. The van der Waals surface area contributed by atoms with Crippen LogP contribution in [0.25, 0.3) is 64.7 Å². The Morgan fingerprint density at radius 2 is 0.540 bits per heavy atom. The van der Waals surface area contributed by atoms with Crippen LogP contribution in [0.5, 0.6) is 0 Å². The molecule has 0 spiro atoms. The van der Waals surface area contributed by atoms with Gasteiger partial charge in [-0.15, -0.1) is 11.3 Å². The third kappa shape index (κ3) is 7.67. The summed E-state index contributed by atoms with van der Waals surface area (Å²) >= 11 is 1.85. The van der Waals surface area contributed by atoms with E-state index in [2.05, 4.69) is 265 Å². The van der Waals surface area contributed by atoms with Crippen LogP contribution in [0.2, 0.25) is 0 Å². The van der Waals surface area contributed by atoms with Gasteiger partial charge in [-0.3, -0.25) is 0 Å². The molecule has 298 valence electrons. The number of anilines is 6. The molecular formula is C60H42N2S. The van der Waals surface area contributed by atoms with Crippen LogP contribution in [0.4, 0.5) is 34.1 Å². The number of benzene rings is 10. The van der Waals surface area contributed by atoms with Gasteiger partial charge < -0.3 is 9.80 Å². The summed E-state index contributed by atoms with van der Waals surface area (Å²) in [5, 5.41) is 2.59. The van der Waals surface area contributed by atoms with Gasteiger partial charge in [0.05, 0.1) is 0 Å². The zero-order chi connectivity index (χ0) is 42.0. The largest absolute Gasteiger partial charge is 0.310 e. The van der Waals surface area contributed by atoms with E-state index in [1.54, 1.807) is 0 Å². The molecule has 11 rings (SSSR count). The maximum atomic E-state index is 2.39. The molecule has 0 aliphatic carbocycles. The Morgan fingerprint density at radius 3 is 1.00 bits per heavy atom. The van der Waals surface area contributed by atoms with Crippen molar-refractivity contribution in [3.05, 3.63) is 255 Å². The predicted molar refractivity (Wildman–Crippen MR) is 270 cm³/mol. The van der Waals surface area contributed by atoms with Gasteiger partial charge in [0.15, 0.2) is 0 Å². The van der Waals surface area contributed by atoms with Crippen molar-refractivity contribution in [1.82, 2.24) is 0 Å². The van der Waals surface area contributed by atoms with E-state index in [0.29, 0.717) is 0 Å². The summed E-state index contributed by atoms with van der Waals surface area (Å²) in [5.74, 6) is 0. The molecular weight excluding hydrogens is 781 g/mol. The highest BCUT2D eigenvalue weighted by atomic mass is 32.1. The second-order valence-corrected chi connectivity index (χ2v) is 16.9. The van der Waals surface area contributed by atoms with Crippen molar-refractivity contribution in [3.8, 4) is 44.5 Å². The molecule has 0 saturated carbocycles. The van der Waals surface area contributed by atoms with Crippen LogP contribution in [-0.4, -0.2) is 0 Å². The Labute approximate surface area is 372 Å². The second kappa shape index (κ2) is 16.8. The molecule has 0 bridgehead atoms. The van der Waals surface area contributed by atoms with Crippen LogP contribution in [0.1, 0.15) is 0 Å². The number of nitrogens with zero attached hydrogens (tertiary/aromatic N) is 2. The lowest BCUT2D eigenvalue weighted by atomic mass is 10.0. The van der Waals surface area contributed by atoms with Gasteiger partial charge in [0, 0.05) is 54.3 Å². The molecule has 1 aromatic heterocycles. The lowest BCUT2D eigenvalue weighted by Gasteiger charge is -2.27. The number of hydrogen-bond acceptors (Lipinski definition) is 3. The van der Waals surface area contributed by atoms with E-state index in [-0.39, 0.29) is 0 Å². The first-order valence-corrected chi connectivity index (χ1v) is 22.2. The zero-order valence-electron chi connectivity index (χ0n) is 34.6. The van der Waals surface area contributed by atoms with E-state index in [4.69, 9.17) is 0 Å². The van der Waals surface area contributed by atoms with Gasteiger partial charge in [-0.1, -0.05) is 176 Å². The molecule has 63 heavy (non-hydrogen) atoms. The van der Waals surface area contributed by atoms with Crippen LogP contribution in [0.15, 0.2) is 255 Å². The number of thiophene rings is 1. The molecule has 0 amide bonds. The standard InChI is InChI=1S/C60H42N2S/c1-4-14-43(15-5-1)46-26-32-51(33-27-46)61(52-34-28-47(29-35-52)44-16-6-2-7-17-44)54-22-12-20-49(40-54)50-21-13-23-55(41-50)62(53-36-30-48(31-37-53)45-18-8-3-9-19-45)56-38-39-58-57-24-10-11-25-59(57)63-60(58)42-56/h1-42H. The highest BCUT2D eigenvalue weighted by Crippen LogP contribution is 2.43. The predicted octanol–water partition coefficient (Wildman–Crippen LogP) is 17.7. The molecule has 2 nitrogen and oxygen atoms in total. The van der Waals surface area contributed by atoms with E-state index < -0.39 is 0 Å². The third-order valence-electron chi connectivity index (χ3n) is 11.9. The molecule has 0 aliphatic rings. The van der Waals surface area contributed by atoms with Crippen LogP contribution < -0.4 is 9.80 Å². The molecule has 0 unspecified atom stereocenters. The SMILES string of the molecule is c1ccc(-c2ccc(N(c3ccc(-c4ccccc4)cc3)c3cccc(-c4cccc(N(c5ccc(-c6ccccc6)cc5)c5ccc6c(c5)sc5ccccc56)c4)c3)cc2)cc1. The average molecular weight is 823 g/mol. The van der Waals surface area contributed by atoms with E-state index in [1.807, 2.05) is 11.3 Å². The highest BCUT2D eigenvalue weighted by molar-refractivity contribution is 7.25. The van der Waals surface area contributed by atoms with Crippen LogP contribution in [0, 0.1) is 0 Å². The summed E-state index contributed by atoms with van der Waals surface area (Å²) in [6.07, 6.45) is 0. The monoisotopic (exact) mass is 822 g/mol. The van der Waals surface area contributed by atoms with Crippen LogP contribution in [0.3, 0.4) is 0 Å². The highest BCUT2D eigenvalue weighted by Gasteiger charge is 2.18. The van der Waals surface area contributed by atoms with Crippen molar-refractivity contribution in [2.75, 3.05) is 9.80 Å². The summed E-state index contributed by atoms with van der Waals surface area (Å²) in [6.45, 7) is 0. The van der Waals surface area contributed by atoms with E-state index in [9.17, 15) is 0 Å². The smallest absolute Gasteiger partial charge is 0.0476 e. The van der Waals surface area contributed by atoms with E-state index >= 15 is 0 Å². The van der Waals surface area contributed by atoms with Crippen LogP contribution in [-0.2, 0) is 0 Å². The Bertz CT molecular complexity index is 3220. The maximum absolute atomic E-state index is 2.39. The fourth-order valence-electron chi connectivity index (χ4n) is 8.70. The molecule has 0 saturated heterocycles. The quantitative estimate of drug-likeness (QED) is 0.136. The normalized spacial score (nSPS) is 11.2. The molecule has 3 heteroatoms. The minimum Gasteiger partial charge on any atom is -0.310 e. The summed E-state index contributed by atoms with van der Waals surface area (Å²) in [6, 6.07) is 92.0. The molecule has 10 aromatic carbocycles. The van der Waals surface area contributed by atoms with Crippen molar-refractivity contribution < 1.29 is 0 Å². The fourth-order valence-corrected chi connectivity index (χ4v) is 9.84. The summed E-state index contributed by atoms with van der Waals surface area (Å²) in [7, 11) is 0. The van der Waals surface area contributed by atoms with Gasteiger partial charge in [0.25, 0.3) is 0 Å². The van der Waals surface area contributed by atoms with Crippen molar-refractivity contribution in [3.63, 3.8) is 0 Å².